The highest BCUT2D eigenvalue weighted by molar-refractivity contribution is 6.55. The lowest BCUT2D eigenvalue weighted by molar-refractivity contribution is -0.141. The van der Waals surface area contributed by atoms with Crippen molar-refractivity contribution in [3.63, 3.8) is 0 Å². The van der Waals surface area contributed by atoms with E-state index in [9.17, 15) is 10.1 Å². The monoisotopic (exact) mass is 415 g/mol. The number of allylic oxidation sites excluding steroid dienone is 1. The number of carbonyl (C=O) groups is 1. The predicted octanol–water partition coefficient (Wildman–Crippen LogP) is 6.24. The molecule has 0 saturated heterocycles. The van der Waals surface area contributed by atoms with Gasteiger partial charge in [-0.1, -0.05) is 61.3 Å². The second-order valence-corrected chi connectivity index (χ2v) is 8.41. The summed E-state index contributed by atoms with van der Waals surface area (Å²) < 4.78 is 11.5. The van der Waals surface area contributed by atoms with Crippen molar-refractivity contribution in [2.24, 2.45) is 16.7 Å². The summed E-state index contributed by atoms with van der Waals surface area (Å²) in [6.45, 7) is 5.71. The van der Waals surface area contributed by atoms with Crippen LogP contribution in [0.4, 0.5) is 0 Å². The van der Waals surface area contributed by atoms with Crippen LogP contribution in [0.5, 0.6) is 17.2 Å². The first kappa shape index (κ1) is 20.3. The van der Waals surface area contributed by atoms with Gasteiger partial charge in [0.1, 0.15) is 27.6 Å². The number of nitriles is 1. The molecule has 2 atom stereocenters. The average Bonchev–Trinajstić information content (AvgIpc) is 3.08. The summed E-state index contributed by atoms with van der Waals surface area (Å²) in [5.41, 5.74) is -1.01. The molecule has 3 rings (SSSR count). The fraction of sp³-hybridized carbons (Fsp3) is 0.273. The topological polar surface area (TPSA) is 59.3 Å². The number of hydrogen-bond donors (Lipinski definition) is 0. The molecule has 144 valence electrons. The molecule has 28 heavy (non-hydrogen) atoms. The van der Waals surface area contributed by atoms with Crippen LogP contribution in [-0.2, 0) is 4.79 Å². The molecule has 0 amide bonds. The first-order valence-corrected chi connectivity index (χ1v) is 9.48. The third-order valence-electron chi connectivity index (χ3n) is 5.64. The number of nitrogens with zero attached hydrogens (tertiary/aromatic N) is 1. The zero-order valence-electron chi connectivity index (χ0n) is 15.7. The molecule has 2 unspecified atom stereocenters. The van der Waals surface area contributed by atoms with Crippen LogP contribution in [0.2, 0.25) is 0 Å². The number of benzene rings is 2. The number of halogens is 2. The normalized spacial score (nSPS) is 21.9. The highest BCUT2D eigenvalue weighted by Crippen LogP contribution is 2.70. The Morgan fingerprint density at radius 3 is 2.32 bits per heavy atom. The van der Waals surface area contributed by atoms with Crippen molar-refractivity contribution in [1.82, 2.24) is 0 Å². The lowest BCUT2D eigenvalue weighted by Crippen LogP contribution is -2.24. The molecule has 1 fully saturated rings. The standard InChI is InChI=1S/C22H19Cl2NO3/c1-21(2)18(12-19(23)24)22(21,3)20(26)28-17-11-7-10-16(15(17)13-25)27-14-8-5-4-6-9-14/h4-12,18H,1-3H3. The van der Waals surface area contributed by atoms with Crippen molar-refractivity contribution < 1.29 is 14.3 Å². The van der Waals surface area contributed by atoms with E-state index < -0.39 is 11.4 Å². The minimum Gasteiger partial charge on any atom is -0.456 e. The molecule has 1 aliphatic rings. The van der Waals surface area contributed by atoms with Gasteiger partial charge in [0.05, 0.1) is 5.41 Å². The summed E-state index contributed by atoms with van der Waals surface area (Å²) in [6.07, 6.45) is 1.66. The van der Waals surface area contributed by atoms with E-state index in [1.807, 2.05) is 39.0 Å². The van der Waals surface area contributed by atoms with Crippen molar-refractivity contribution in [2.75, 3.05) is 0 Å². The second-order valence-electron chi connectivity index (χ2n) is 7.40. The van der Waals surface area contributed by atoms with Gasteiger partial charge >= 0.3 is 5.97 Å². The predicted molar refractivity (Wildman–Crippen MR) is 108 cm³/mol. The summed E-state index contributed by atoms with van der Waals surface area (Å²) >= 11 is 11.6. The Morgan fingerprint density at radius 2 is 1.71 bits per heavy atom. The summed E-state index contributed by atoms with van der Waals surface area (Å²) in [5, 5.41) is 9.62. The maximum absolute atomic E-state index is 13.0. The molecular formula is C22H19Cl2NO3. The number of esters is 1. The van der Waals surface area contributed by atoms with Crippen LogP contribution in [0.25, 0.3) is 0 Å². The summed E-state index contributed by atoms with van der Waals surface area (Å²) in [7, 11) is 0. The van der Waals surface area contributed by atoms with E-state index >= 15 is 0 Å². The van der Waals surface area contributed by atoms with Crippen LogP contribution in [0.1, 0.15) is 26.3 Å². The fourth-order valence-corrected chi connectivity index (χ4v) is 3.78. The number of ether oxygens (including phenoxy) is 2. The van der Waals surface area contributed by atoms with Gasteiger partial charge in [-0.3, -0.25) is 4.79 Å². The van der Waals surface area contributed by atoms with E-state index in [2.05, 4.69) is 6.07 Å². The first-order valence-electron chi connectivity index (χ1n) is 8.73. The quantitative estimate of drug-likeness (QED) is 0.428. The number of para-hydroxylation sites is 1. The maximum atomic E-state index is 13.0. The molecule has 0 aromatic heterocycles. The largest absolute Gasteiger partial charge is 0.456 e. The molecule has 6 heteroatoms. The average molecular weight is 416 g/mol. The minimum atomic E-state index is -0.801. The van der Waals surface area contributed by atoms with E-state index in [-0.39, 0.29) is 27.1 Å². The zero-order valence-corrected chi connectivity index (χ0v) is 17.2. The van der Waals surface area contributed by atoms with Gasteiger partial charge in [-0.15, -0.1) is 0 Å². The molecule has 1 saturated carbocycles. The van der Waals surface area contributed by atoms with Crippen molar-refractivity contribution in [3.8, 4) is 23.3 Å². The second kappa shape index (κ2) is 7.50. The molecule has 1 aliphatic carbocycles. The molecule has 0 bridgehead atoms. The van der Waals surface area contributed by atoms with Crippen LogP contribution >= 0.6 is 23.2 Å². The van der Waals surface area contributed by atoms with Gasteiger partial charge < -0.3 is 9.47 Å². The van der Waals surface area contributed by atoms with E-state index in [1.54, 1.807) is 36.4 Å². The Hall–Kier alpha value is -2.48. The highest BCUT2D eigenvalue weighted by atomic mass is 35.5. The van der Waals surface area contributed by atoms with Gasteiger partial charge in [-0.25, -0.2) is 0 Å². The van der Waals surface area contributed by atoms with Gasteiger partial charge in [0, 0.05) is 5.92 Å². The number of hydrogen-bond acceptors (Lipinski definition) is 4. The molecule has 0 radical (unpaired) electrons. The van der Waals surface area contributed by atoms with Gasteiger partial charge in [-0.05, 0) is 42.7 Å². The van der Waals surface area contributed by atoms with Crippen LogP contribution < -0.4 is 9.47 Å². The molecule has 0 spiro atoms. The third-order valence-corrected chi connectivity index (χ3v) is 5.90. The van der Waals surface area contributed by atoms with Crippen molar-refractivity contribution in [2.45, 2.75) is 20.8 Å². The van der Waals surface area contributed by atoms with E-state index in [0.717, 1.165) is 0 Å². The van der Waals surface area contributed by atoms with E-state index in [4.69, 9.17) is 32.7 Å². The van der Waals surface area contributed by atoms with Crippen molar-refractivity contribution in [3.05, 3.63) is 64.7 Å². The van der Waals surface area contributed by atoms with Crippen LogP contribution in [0.15, 0.2) is 59.1 Å². The first-order chi connectivity index (χ1) is 13.2. The summed E-state index contributed by atoms with van der Waals surface area (Å²) in [5.74, 6) is 0.456. The van der Waals surface area contributed by atoms with Crippen LogP contribution in [0.3, 0.4) is 0 Å². The Kier molecular flexibility index (Phi) is 5.43. The molecular weight excluding hydrogens is 397 g/mol. The SMILES string of the molecule is CC1(C)C(C=C(Cl)Cl)C1(C)C(=O)Oc1cccc(Oc2ccccc2)c1C#N. The highest BCUT2D eigenvalue weighted by Gasteiger charge is 2.72. The molecule has 4 nitrogen and oxygen atoms in total. The summed E-state index contributed by atoms with van der Waals surface area (Å²) in [4.78, 5) is 13.0. The van der Waals surface area contributed by atoms with Gasteiger partial charge in [-0.2, -0.15) is 5.26 Å². The van der Waals surface area contributed by atoms with E-state index in [0.29, 0.717) is 11.5 Å². The summed E-state index contributed by atoms with van der Waals surface area (Å²) in [6, 6.07) is 16.1. The fourth-order valence-electron chi connectivity index (χ4n) is 3.53. The molecule has 0 N–H and O–H groups in total. The smallest absolute Gasteiger partial charge is 0.318 e. The Morgan fingerprint density at radius 1 is 1.07 bits per heavy atom. The minimum absolute atomic E-state index is 0.116. The Bertz CT molecular complexity index is 975. The molecule has 0 heterocycles. The van der Waals surface area contributed by atoms with E-state index in [1.165, 1.54) is 0 Å². The van der Waals surface area contributed by atoms with Gasteiger partial charge in [0.15, 0.2) is 5.75 Å². The molecule has 0 aliphatic heterocycles. The third kappa shape index (κ3) is 3.48. The van der Waals surface area contributed by atoms with Gasteiger partial charge in [0.25, 0.3) is 0 Å². The van der Waals surface area contributed by atoms with Crippen molar-refractivity contribution >= 4 is 29.2 Å². The maximum Gasteiger partial charge on any atom is 0.318 e. The number of carbonyl (C=O) groups excluding carboxylic acids is 1. The Labute approximate surface area is 174 Å². The van der Waals surface area contributed by atoms with Crippen LogP contribution in [-0.4, -0.2) is 5.97 Å². The lowest BCUT2D eigenvalue weighted by atomic mass is 9.98. The van der Waals surface area contributed by atoms with Crippen LogP contribution in [0, 0.1) is 28.1 Å². The Balaban J connectivity index is 1.87. The number of rotatable bonds is 5. The lowest BCUT2D eigenvalue weighted by Gasteiger charge is -2.15. The molecule has 2 aromatic carbocycles. The zero-order chi connectivity index (χ0) is 20.5. The van der Waals surface area contributed by atoms with Gasteiger partial charge in [0.2, 0.25) is 0 Å². The van der Waals surface area contributed by atoms with Crippen molar-refractivity contribution in [1.29, 1.82) is 5.26 Å². The molecule has 2 aromatic rings.